The number of aliphatic hydroxyl groups is 1. The second-order valence-electron chi connectivity index (χ2n) is 5.86. The van der Waals surface area contributed by atoms with Crippen molar-refractivity contribution >= 4 is 5.91 Å². The summed E-state index contributed by atoms with van der Waals surface area (Å²) in [5.74, 6) is 0.188. The Morgan fingerprint density at radius 2 is 2.25 bits per heavy atom. The lowest BCUT2D eigenvalue weighted by molar-refractivity contribution is -0.126. The number of hydrogen-bond acceptors (Lipinski definition) is 5. The lowest BCUT2D eigenvalue weighted by Gasteiger charge is -2.32. The maximum atomic E-state index is 12.0. The molecule has 0 aliphatic carbocycles. The molecule has 0 aromatic heterocycles. The molecule has 2 unspecified atom stereocenters. The van der Waals surface area contributed by atoms with Crippen LogP contribution in [0.5, 0.6) is 0 Å². The first kappa shape index (κ1) is 15.7. The Bertz CT molecular complexity index is 308. The van der Waals surface area contributed by atoms with Gasteiger partial charge in [0.05, 0.1) is 18.8 Å². The molecule has 116 valence electrons. The standard InChI is InChI=1S/C14H27N3O3/c1-11-9-17(6-7-20-11)10-13(18)8-16-14(19)12-2-4-15-5-3-12/h11-13,15,18H,2-10H2,1H3,(H,16,19). The lowest BCUT2D eigenvalue weighted by atomic mass is 9.97. The van der Waals surface area contributed by atoms with Crippen LogP contribution in [-0.2, 0) is 9.53 Å². The minimum atomic E-state index is -0.508. The fourth-order valence-corrected chi connectivity index (χ4v) is 2.87. The number of amides is 1. The third-order valence-corrected chi connectivity index (χ3v) is 4.02. The summed E-state index contributed by atoms with van der Waals surface area (Å²) >= 11 is 0. The highest BCUT2D eigenvalue weighted by Gasteiger charge is 2.22. The molecule has 1 amide bonds. The van der Waals surface area contributed by atoms with Crippen molar-refractivity contribution in [2.75, 3.05) is 45.9 Å². The van der Waals surface area contributed by atoms with Crippen LogP contribution in [-0.4, -0.2) is 74.0 Å². The van der Waals surface area contributed by atoms with Crippen LogP contribution in [0.1, 0.15) is 19.8 Å². The molecule has 2 fully saturated rings. The highest BCUT2D eigenvalue weighted by molar-refractivity contribution is 5.78. The molecule has 2 atom stereocenters. The molecule has 20 heavy (non-hydrogen) atoms. The van der Waals surface area contributed by atoms with E-state index in [9.17, 15) is 9.90 Å². The summed E-state index contributed by atoms with van der Waals surface area (Å²) in [4.78, 5) is 14.2. The van der Waals surface area contributed by atoms with Crippen LogP contribution in [0.2, 0.25) is 0 Å². The van der Waals surface area contributed by atoms with Crippen molar-refractivity contribution in [1.29, 1.82) is 0 Å². The number of nitrogens with one attached hydrogen (secondary N) is 2. The number of carbonyl (C=O) groups excluding carboxylic acids is 1. The lowest BCUT2D eigenvalue weighted by Crippen LogP contribution is -2.48. The molecule has 0 spiro atoms. The Kier molecular flexibility index (Phi) is 6.22. The summed E-state index contributed by atoms with van der Waals surface area (Å²) in [6.45, 7) is 7.21. The van der Waals surface area contributed by atoms with Crippen molar-refractivity contribution in [2.24, 2.45) is 5.92 Å². The average molecular weight is 285 g/mol. The predicted molar refractivity (Wildman–Crippen MR) is 76.5 cm³/mol. The molecule has 2 rings (SSSR count). The molecule has 0 radical (unpaired) electrons. The first-order chi connectivity index (χ1) is 9.65. The van der Waals surface area contributed by atoms with Gasteiger partial charge < -0.3 is 20.5 Å². The molecular weight excluding hydrogens is 258 g/mol. The number of ether oxygens (including phenoxy) is 1. The maximum Gasteiger partial charge on any atom is 0.223 e. The van der Waals surface area contributed by atoms with Gasteiger partial charge in [-0.2, -0.15) is 0 Å². The maximum absolute atomic E-state index is 12.0. The third kappa shape index (κ3) is 5.01. The number of β-amino-alcohol motifs (C(OH)–C–C–N with tert-alkyl or cyclic N) is 1. The Morgan fingerprint density at radius 3 is 2.95 bits per heavy atom. The van der Waals surface area contributed by atoms with Gasteiger partial charge in [0, 0.05) is 32.1 Å². The van der Waals surface area contributed by atoms with Crippen molar-refractivity contribution in [3.63, 3.8) is 0 Å². The Hall–Kier alpha value is -0.690. The molecular formula is C14H27N3O3. The Morgan fingerprint density at radius 1 is 1.50 bits per heavy atom. The van der Waals surface area contributed by atoms with Gasteiger partial charge in [0.15, 0.2) is 0 Å². The molecule has 2 aliphatic heterocycles. The minimum Gasteiger partial charge on any atom is -0.390 e. The van der Waals surface area contributed by atoms with Crippen LogP contribution in [0, 0.1) is 5.92 Å². The average Bonchev–Trinajstić information content (AvgIpc) is 2.46. The van der Waals surface area contributed by atoms with Gasteiger partial charge in [-0.3, -0.25) is 9.69 Å². The monoisotopic (exact) mass is 285 g/mol. The summed E-state index contributed by atoms with van der Waals surface area (Å²) in [5, 5.41) is 16.1. The van der Waals surface area contributed by atoms with E-state index in [-0.39, 0.29) is 17.9 Å². The van der Waals surface area contributed by atoms with E-state index in [2.05, 4.69) is 15.5 Å². The van der Waals surface area contributed by atoms with Gasteiger partial charge in [-0.25, -0.2) is 0 Å². The van der Waals surface area contributed by atoms with Crippen LogP contribution in [0.25, 0.3) is 0 Å². The zero-order chi connectivity index (χ0) is 14.4. The Labute approximate surface area is 120 Å². The van der Waals surface area contributed by atoms with Crippen molar-refractivity contribution < 1.29 is 14.6 Å². The number of morpholine rings is 1. The largest absolute Gasteiger partial charge is 0.390 e. The summed E-state index contributed by atoms with van der Waals surface area (Å²) in [6.07, 6.45) is 1.50. The molecule has 0 saturated carbocycles. The Balaban J connectivity index is 1.63. The molecule has 2 heterocycles. The molecule has 3 N–H and O–H groups in total. The van der Waals surface area contributed by atoms with Gasteiger partial charge >= 0.3 is 0 Å². The van der Waals surface area contributed by atoms with Gasteiger partial charge in [0.1, 0.15) is 0 Å². The smallest absolute Gasteiger partial charge is 0.223 e. The SMILES string of the molecule is CC1CN(CC(O)CNC(=O)C2CCNCC2)CCO1. The molecule has 0 bridgehead atoms. The molecule has 6 heteroatoms. The first-order valence-corrected chi connectivity index (χ1v) is 7.65. The normalized spacial score (nSPS) is 27.2. The van der Waals surface area contributed by atoms with E-state index in [0.717, 1.165) is 45.6 Å². The number of nitrogens with zero attached hydrogens (tertiary/aromatic N) is 1. The van der Waals surface area contributed by atoms with Crippen molar-refractivity contribution in [2.45, 2.75) is 32.0 Å². The van der Waals surface area contributed by atoms with Crippen LogP contribution < -0.4 is 10.6 Å². The molecule has 0 aromatic rings. The number of rotatable bonds is 5. The number of hydrogen-bond donors (Lipinski definition) is 3. The highest BCUT2D eigenvalue weighted by atomic mass is 16.5. The van der Waals surface area contributed by atoms with E-state index >= 15 is 0 Å². The van der Waals surface area contributed by atoms with E-state index < -0.39 is 6.10 Å². The van der Waals surface area contributed by atoms with E-state index in [1.54, 1.807) is 0 Å². The van der Waals surface area contributed by atoms with Crippen molar-refractivity contribution in [3.8, 4) is 0 Å². The van der Waals surface area contributed by atoms with Crippen molar-refractivity contribution in [1.82, 2.24) is 15.5 Å². The second kappa shape index (κ2) is 7.93. The van der Waals surface area contributed by atoms with E-state index in [1.165, 1.54) is 0 Å². The van der Waals surface area contributed by atoms with Crippen LogP contribution in [0.4, 0.5) is 0 Å². The fourth-order valence-electron chi connectivity index (χ4n) is 2.87. The quantitative estimate of drug-likeness (QED) is 0.616. The number of piperidine rings is 1. The van der Waals surface area contributed by atoms with Crippen LogP contribution in [0.15, 0.2) is 0 Å². The molecule has 0 aromatic carbocycles. The molecule has 6 nitrogen and oxygen atoms in total. The van der Waals surface area contributed by atoms with E-state index in [0.29, 0.717) is 13.1 Å². The topological polar surface area (TPSA) is 73.8 Å². The predicted octanol–water partition coefficient (Wildman–Crippen LogP) is -0.816. The van der Waals surface area contributed by atoms with Gasteiger partial charge in [0.25, 0.3) is 0 Å². The summed E-state index contributed by atoms with van der Waals surface area (Å²) in [7, 11) is 0. The fraction of sp³-hybridized carbons (Fsp3) is 0.929. The zero-order valence-electron chi connectivity index (χ0n) is 12.3. The van der Waals surface area contributed by atoms with Gasteiger partial charge in [-0.05, 0) is 32.9 Å². The summed E-state index contributed by atoms with van der Waals surface area (Å²) < 4.78 is 5.47. The third-order valence-electron chi connectivity index (χ3n) is 4.02. The second-order valence-corrected chi connectivity index (χ2v) is 5.86. The van der Waals surface area contributed by atoms with Gasteiger partial charge in [0.2, 0.25) is 5.91 Å². The molecule has 2 aliphatic rings. The highest BCUT2D eigenvalue weighted by Crippen LogP contribution is 2.11. The van der Waals surface area contributed by atoms with E-state index in [4.69, 9.17) is 4.74 Å². The zero-order valence-corrected chi connectivity index (χ0v) is 12.3. The summed E-state index contributed by atoms with van der Waals surface area (Å²) in [5.41, 5.74) is 0. The number of carbonyl (C=O) groups is 1. The van der Waals surface area contributed by atoms with Crippen LogP contribution >= 0.6 is 0 Å². The minimum absolute atomic E-state index is 0.0842. The van der Waals surface area contributed by atoms with E-state index in [1.807, 2.05) is 6.92 Å². The van der Waals surface area contributed by atoms with Gasteiger partial charge in [-0.15, -0.1) is 0 Å². The van der Waals surface area contributed by atoms with Gasteiger partial charge in [-0.1, -0.05) is 0 Å². The van der Waals surface area contributed by atoms with Crippen LogP contribution in [0.3, 0.4) is 0 Å². The summed E-state index contributed by atoms with van der Waals surface area (Å²) in [6, 6.07) is 0. The first-order valence-electron chi connectivity index (χ1n) is 7.65. The molecule has 2 saturated heterocycles. The number of aliphatic hydroxyl groups excluding tert-OH is 1. The van der Waals surface area contributed by atoms with Crippen molar-refractivity contribution in [3.05, 3.63) is 0 Å².